The number of likely N-dealkylation sites (tertiary alicyclic amines) is 1. The molecule has 5 rings (SSSR count). The Balaban J connectivity index is 1.30. The maximum Gasteiger partial charge on any atom is 0.345 e. The summed E-state index contributed by atoms with van der Waals surface area (Å²) in [5.74, 6) is -2.65. The van der Waals surface area contributed by atoms with Crippen molar-refractivity contribution in [3.8, 4) is 0 Å². The van der Waals surface area contributed by atoms with Gasteiger partial charge in [-0.05, 0) is 23.3 Å². The number of esters is 1. The second kappa shape index (κ2) is 11.8. The van der Waals surface area contributed by atoms with Gasteiger partial charge in [0, 0.05) is 44.2 Å². The minimum absolute atomic E-state index is 0.0160. The van der Waals surface area contributed by atoms with E-state index < -0.39 is 18.1 Å². The Kier molecular flexibility index (Phi) is 8.02. The summed E-state index contributed by atoms with van der Waals surface area (Å²) in [4.78, 5) is 27.9. The van der Waals surface area contributed by atoms with E-state index in [0.717, 1.165) is 5.56 Å². The van der Waals surface area contributed by atoms with Crippen LogP contribution in [0.2, 0.25) is 0 Å². The van der Waals surface area contributed by atoms with Crippen molar-refractivity contribution >= 4 is 22.8 Å². The third-order valence-corrected chi connectivity index (χ3v) is 6.68. The molecule has 0 radical (unpaired) electrons. The zero-order valence-electron chi connectivity index (χ0n) is 21.2. The largest absolute Gasteiger partial charge is 0.458 e. The van der Waals surface area contributed by atoms with E-state index in [4.69, 9.17) is 4.74 Å². The molecule has 1 atom stereocenters. The number of ether oxygens (including phenoxy) is 1. The van der Waals surface area contributed by atoms with E-state index in [1.54, 1.807) is 48.7 Å². The fourth-order valence-electron chi connectivity index (χ4n) is 4.50. The van der Waals surface area contributed by atoms with Crippen LogP contribution >= 0.6 is 0 Å². The number of halogens is 3. The van der Waals surface area contributed by atoms with Crippen molar-refractivity contribution in [2.45, 2.75) is 44.6 Å². The van der Waals surface area contributed by atoms with Crippen molar-refractivity contribution in [1.29, 1.82) is 0 Å². The summed E-state index contributed by atoms with van der Waals surface area (Å²) in [5, 5.41) is 3.91. The minimum atomic E-state index is -2.63. The number of carbonyl (C=O) groups excluding carboxylic acids is 1. The minimum Gasteiger partial charge on any atom is -0.458 e. The highest BCUT2D eigenvalue weighted by molar-refractivity contribution is 5.86. The van der Waals surface area contributed by atoms with Gasteiger partial charge < -0.3 is 10.1 Å². The molecule has 202 valence electrons. The molecular formula is C29H28F3N5O2. The highest BCUT2D eigenvalue weighted by atomic mass is 19.3. The van der Waals surface area contributed by atoms with Gasteiger partial charge >= 0.3 is 5.97 Å². The lowest BCUT2D eigenvalue weighted by atomic mass is 10.0. The average Bonchev–Trinajstić information content (AvgIpc) is 2.96. The maximum atomic E-state index is 15.3. The van der Waals surface area contributed by atoms with Gasteiger partial charge in [0.2, 0.25) is 6.17 Å². The summed E-state index contributed by atoms with van der Waals surface area (Å²) < 4.78 is 47.6. The smallest absolute Gasteiger partial charge is 0.345 e. The predicted molar refractivity (Wildman–Crippen MR) is 141 cm³/mol. The second-order valence-electron chi connectivity index (χ2n) is 9.50. The summed E-state index contributed by atoms with van der Waals surface area (Å²) in [5.41, 5.74) is 2.01. The topological polar surface area (TPSA) is 80.2 Å². The van der Waals surface area contributed by atoms with E-state index in [2.05, 4.69) is 20.3 Å². The lowest BCUT2D eigenvalue weighted by Gasteiger charge is -2.31. The average molecular weight is 536 g/mol. The highest BCUT2D eigenvalue weighted by Gasteiger charge is 2.34. The summed E-state index contributed by atoms with van der Waals surface area (Å²) in [6.45, 7) is 0.987. The molecule has 1 saturated heterocycles. The maximum absolute atomic E-state index is 15.3. The summed E-state index contributed by atoms with van der Waals surface area (Å²) in [6.07, 6.45) is -0.727. The van der Waals surface area contributed by atoms with E-state index in [-0.39, 0.29) is 44.6 Å². The normalized spacial score (nSPS) is 16.1. The van der Waals surface area contributed by atoms with E-state index >= 15 is 4.39 Å². The molecule has 0 aliphatic carbocycles. The molecule has 2 aromatic carbocycles. The zero-order chi connectivity index (χ0) is 27.2. The van der Waals surface area contributed by atoms with Gasteiger partial charge in [-0.2, -0.15) is 0 Å². The number of hydrogen-bond acceptors (Lipinski definition) is 7. The van der Waals surface area contributed by atoms with Crippen LogP contribution in [0.15, 0.2) is 72.9 Å². The molecular weight excluding hydrogens is 507 g/mol. The lowest BCUT2D eigenvalue weighted by molar-refractivity contribution is -0.151. The summed E-state index contributed by atoms with van der Waals surface area (Å²) in [7, 11) is 0. The van der Waals surface area contributed by atoms with Crippen LogP contribution in [-0.4, -0.2) is 44.8 Å². The first-order valence-corrected chi connectivity index (χ1v) is 12.8. The third-order valence-electron chi connectivity index (χ3n) is 6.68. The van der Waals surface area contributed by atoms with Gasteiger partial charge in [-0.1, -0.05) is 54.6 Å². The van der Waals surface area contributed by atoms with E-state index in [1.165, 1.54) is 0 Å². The highest BCUT2D eigenvalue weighted by Crippen LogP contribution is 2.29. The van der Waals surface area contributed by atoms with Crippen molar-refractivity contribution in [1.82, 2.24) is 19.9 Å². The molecule has 39 heavy (non-hydrogen) atoms. The van der Waals surface area contributed by atoms with Crippen LogP contribution in [0.3, 0.4) is 0 Å². The van der Waals surface area contributed by atoms with Gasteiger partial charge in [0.15, 0.2) is 5.65 Å². The second-order valence-corrected chi connectivity index (χ2v) is 9.50. The fraction of sp³-hybridized carbons (Fsp3) is 0.310. The van der Waals surface area contributed by atoms with E-state index in [9.17, 15) is 13.6 Å². The molecule has 7 nitrogen and oxygen atoms in total. The quantitative estimate of drug-likeness (QED) is 0.279. The van der Waals surface area contributed by atoms with Crippen LogP contribution in [0.4, 0.5) is 19.0 Å². The Hall–Kier alpha value is -4.05. The number of nitrogens with one attached hydrogen (secondary N) is 1. The van der Waals surface area contributed by atoms with E-state index in [1.807, 2.05) is 29.2 Å². The molecule has 0 saturated carbocycles. The number of fused-ring (bicyclic) bond motifs is 1. The fourth-order valence-corrected chi connectivity index (χ4v) is 4.50. The van der Waals surface area contributed by atoms with Crippen LogP contribution in [0.25, 0.3) is 11.0 Å². The molecule has 3 heterocycles. The standard InChI is InChI=1S/C29H28F3N5O2/c30-25(28(38)39-19-20-7-2-1-3-8-20)22-10-5-4-9-21(22)17-34-27-23-11-6-14-33-26(23)35-24(36-27)18-37-15-12-29(31,32)13-16-37/h1-11,14,25H,12-13,15-19H2,(H,33,34,35,36). The Morgan fingerprint density at radius 2 is 1.74 bits per heavy atom. The molecule has 0 amide bonds. The molecule has 1 aliphatic heterocycles. The molecule has 1 N–H and O–H groups in total. The first-order chi connectivity index (χ1) is 18.9. The molecule has 1 aliphatic rings. The first-order valence-electron chi connectivity index (χ1n) is 12.8. The van der Waals surface area contributed by atoms with Crippen LogP contribution in [0, 0.1) is 0 Å². The zero-order valence-corrected chi connectivity index (χ0v) is 21.2. The van der Waals surface area contributed by atoms with Gasteiger partial charge in [-0.15, -0.1) is 0 Å². The molecule has 10 heteroatoms. The third kappa shape index (κ3) is 6.69. The Labute approximate surface area is 224 Å². The number of alkyl halides is 3. The van der Waals surface area contributed by atoms with Crippen LogP contribution in [0.1, 0.15) is 41.5 Å². The van der Waals surface area contributed by atoms with Crippen LogP contribution in [-0.2, 0) is 29.2 Å². The Morgan fingerprint density at radius 1 is 1.00 bits per heavy atom. The summed E-state index contributed by atoms with van der Waals surface area (Å²) in [6, 6.07) is 19.4. The molecule has 0 spiro atoms. The van der Waals surface area contributed by atoms with Crippen molar-refractivity contribution < 1.29 is 22.7 Å². The van der Waals surface area contributed by atoms with E-state index in [0.29, 0.717) is 34.8 Å². The van der Waals surface area contributed by atoms with Crippen LogP contribution in [0.5, 0.6) is 0 Å². The SMILES string of the molecule is O=C(OCc1ccccc1)C(F)c1ccccc1CNc1nc(CN2CCC(F)(F)CC2)nc2ncccc12. The van der Waals surface area contributed by atoms with Crippen molar-refractivity contribution in [3.05, 3.63) is 95.4 Å². The number of aromatic nitrogens is 3. The predicted octanol–water partition coefficient (Wildman–Crippen LogP) is 5.62. The molecule has 1 unspecified atom stereocenters. The lowest BCUT2D eigenvalue weighted by Crippen LogP contribution is -2.39. The van der Waals surface area contributed by atoms with Crippen LogP contribution < -0.4 is 5.32 Å². The number of nitrogens with zero attached hydrogens (tertiary/aromatic N) is 4. The molecule has 1 fully saturated rings. The van der Waals surface area contributed by atoms with Gasteiger partial charge in [0.05, 0.1) is 11.9 Å². The van der Waals surface area contributed by atoms with Gasteiger partial charge in [0.25, 0.3) is 5.92 Å². The number of benzene rings is 2. The van der Waals surface area contributed by atoms with Gasteiger partial charge in [-0.3, -0.25) is 4.90 Å². The summed E-state index contributed by atoms with van der Waals surface area (Å²) >= 11 is 0. The number of pyridine rings is 1. The van der Waals surface area contributed by atoms with Gasteiger partial charge in [0.1, 0.15) is 18.2 Å². The van der Waals surface area contributed by atoms with Crippen molar-refractivity contribution in [2.24, 2.45) is 0 Å². The first kappa shape index (κ1) is 26.6. The molecule has 4 aromatic rings. The number of piperidine rings is 1. The monoisotopic (exact) mass is 535 g/mol. The number of anilines is 1. The van der Waals surface area contributed by atoms with Crippen molar-refractivity contribution in [2.75, 3.05) is 18.4 Å². The molecule has 0 bridgehead atoms. The number of rotatable bonds is 9. The Bertz CT molecular complexity index is 1430. The molecule has 2 aromatic heterocycles. The van der Waals surface area contributed by atoms with Crippen molar-refractivity contribution in [3.63, 3.8) is 0 Å². The number of hydrogen-bond donors (Lipinski definition) is 1. The Morgan fingerprint density at radius 3 is 2.54 bits per heavy atom. The van der Waals surface area contributed by atoms with Gasteiger partial charge in [-0.25, -0.2) is 32.9 Å². The number of carbonyl (C=O) groups is 1.